The molecule has 2 heterocycles. The molecule has 0 radical (unpaired) electrons. The van der Waals surface area contributed by atoms with E-state index in [1.54, 1.807) is 0 Å². The number of amides is 1. The molecule has 4 rings (SSSR count). The lowest BCUT2D eigenvalue weighted by Gasteiger charge is -2.19. The summed E-state index contributed by atoms with van der Waals surface area (Å²) in [6.07, 6.45) is 0.196. The van der Waals surface area contributed by atoms with Crippen LogP contribution in [-0.4, -0.2) is 34.1 Å². The van der Waals surface area contributed by atoms with Crippen molar-refractivity contribution in [2.45, 2.75) is 45.8 Å². The molecular weight excluding hydrogens is 366 g/mol. The van der Waals surface area contributed by atoms with Gasteiger partial charge >= 0.3 is 5.97 Å². The van der Waals surface area contributed by atoms with Crippen molar-refractivity contribution in [3.63, 3.8) is 0 Å². The summed E-state index contributed by atoms with van der Waals surface area (Å²) in [5.41, 5.74) is 3.70. The van der Waals surface area contributed by atoms with Crippen LogP contribution in [0.4, 0.5) is 5.69 Å². The van der Waals surface area contributed by atoms with Crippen LogP contribution in [0, 0.1) is 6.92 Å². The lowest BCUT2D eigenvalue weighted by molar-refractivity contribution is -0.148. The summed E-state index contributed by atoms with van der Waals surface area (Å²) in [5, 5.41) is 0. The zero-order chi connectivity index (χ0) is 20.5. The highest BCUT2D eigenvalue weighted by Crippen LogP contribution is 2.34. The van der Waals surface area contributed by atoms with Crippen LogP contribution in [0.1, 0.15) is 37.6 Å². The van der Waals surface area contributed by atoms with Gasteiger partial charge in [-0.05, 0) is 44.5 Å². The number of fused-ring (bicyclic) bond motifs is 1. The number of carbonyl (C=O) groups is 2. The second-order valence-electron chi connectivity index (χ2n) is 7.78. The lowest BCUT2D eigenvalue weighted by Crippen LogP contribution is -2.25. The number of benzene rings is 2. The van der Waals surface area contributed by atoms with Crippen molar-refractivity contribution >= 4 is 28.6 Å². The maximum atomic E-state index is 12.8. The Morgan fingerprint density at radius 3 is 2.66 bits per heavy atom. The minimum atomic E-state index is -0.301. The van der Waals surface area contributed by atoms with E-state index < -0.39 is 0 Å². The normalized spacial score (nSPS) is 16.8. The number of aryl methyl sites for hydroxylation is 1. The largest absolute Gasteiger partial charge is 0.462 e. The number of ether oxygens (including phenoxy) is 1. The number of anilines is 1. The van der Waals surface area contributed by atoms with Gasteiger partial charge in [-0.15, -0.1) is 0 Å². The van der Waals surface area contributed by atoms with Crippen LogP contribution in [0.15, 0.2) is 48.5 Å². The standard InChI is InChI=1S/C23H25N3O3/c1-15(2)29-22(28)14-26-20-11-7-5-9-18(20)24-23(26)17-12-21(27)25(13-17)19-10-6-4-8-16(19)3/h4-11,15,17H,12-14H2,1-3H3. The summed E-state index contributed by atoms with van der Waals surface area (Å²) in [7, 11) is 0. The smallest absolute Gasteiger partial charge is 0.326 e. The molecule has 6 heteroatoms. The van der Waals surface area contributed by atoms with E-state index in [2.05, 4.69) is 0 Å². The predicted molar refractivity (Wildman–Crippen MR) is 112 cm³/mol. The first kappa shape index (κ1) is 19.2. The predicted octanol–water partition coefficient (Wildman–Crippen LogP) is 3.82. The topological polar surface area (TPSA) is 64.4 Å². The number of para-hydroxylation sites is 3. The number of esters is 1. The molecule has 1 aromatic heterocycles. The monoisotopic (exact) mass is 391 g/mol. The molecule has 29 heavy (non-hydrogen) atoms. The van der Waals surface area contributed by atoms with Gasteiger partial charge in [-0.25, -0.2) is 4.98 Å². The second kappa shape index (κ2) is 7.70. The molecule has 6 nitrogen and oxygen atoms in total. The second-order valence-corrected chi connectivity index (χ2v) is 7.78. The van der Waals surface area contributed by atoms with Gasteiger partial charge < -0.3 is 14.2 Å². The van der Waals surface area contributed by atoms with Crippen molar-refractivity contribution in [3.05, 3.63) is 59.9 Å². The molecule has 0 spiro atoms. The van der Waals surface area contributed by atoms with Gasteiger partial charge in [-0.2, -0.15) is 0 Å². The van der Waals surface area contributed by atoms with Crippen molar-refractivity contribution in [2.24, 2.45) is 0 Å². The van der Waals surface area contributed by atoms with Crippen LogP contribution in [0.3, 0.4) is 0 Å². The first-order chi connectivity index (χ1) is 13.9. The van der Waals surface area contributed by atoms with Crippen molar-refractivity contribution in [3.8, 4) is 0 Å². The van der Waals surface area contributed by atoms with E-state index in [-0.39, 0.29) is 30.4 Å². The molecule has 1 amide bonds. The maximum Gasteiger partial charge on any atom is 0.326 e. The summed E-state index contributed by atoms with van der Waals surface area (Å²) in [6.45, 7) is 6.31. The van der Waals surface area contributed by atoms with Gasteiger partial charge in [0.05, 0.1) is 17.1 Å². The zero-order valence-corrected chi connectivity index (χ0v) is 17.0. The molecule has 2 aromatic carbocycles. The fourth-order valence-corrected chi connectivity index (χ4v) is 3.98. The third kappa shape index (κ3) is 3.75. The molecular formula is C23H25N3O3. The number of aromatic nitrogens is 2. The summed E-state index contributed by atoms with van der Waals surface area (Å²) < 4.78 is 7.25. The van der Waals surface area contributed by atoms with E-state index in [1.807, 2.05) is 78.8 Å². The molecule has 3 aromatic rings. The molecule has 150 valence electrons. The van der Waals surface area contributed by atoms with E-state index in [9.17, 15) is 9.59 Å². The van der Waals surface area contributed by atoms with E-state index in [1.165, 1.54) is 0 Å². The molecule has 0 aliphatic carbocycles. The quantitative estimate of drug-likeness (QED) is 0.620. The number of rotatable bonds is 5. The molecule has 1 saturated heterocycles. The number of hydrogen-bond acceptors (Lipinski definition) is 4. The van der Waals surface area contributed by atoms with E-state index >= 15 is 0 Å². The minimum absolute atomic E-state index is 0.0765. The Hall–Kier alpha value is -3.15. The average Bonchev–Trinajstić information content (AvgIpc) is 3.22. The van der Waals surface area contributed by atoms with Gasteiger partial charge in [-0.1, -0.05) is 30.3 Å². The Balaban J connectivity index is 1.69. The minimum Gasteiger partial charge on any atom is -0.462 e. The van der Waals surface area contributed by atoms with Crippen molar-refractivity contribution in [1.82, 2.24) is 9.55 Å². The van der Waals surface area contributed by atoms with Gasteiger partial charge in [0.15, 0.2) is 0 Å². The van der Waals surface area contributed by atoms with Gasteiger partial charge in [0, 0.05) is 24.6 Å². The first-order valence-corrected chi connectivity index (χ1v) is 9.94. The van der Waals surface area contributed by atoms with Crippen LogP contribution in [0.25, 0.3) is 11.0 Å². The molecule has 1 unspecified atom stereocenters. The molecule has 1 fully saturated rings. The molecule has 1 aliphatic rings. The van der Waals surface area contributed by atoms with Gasteiger partial charge in [0.25, 0.3) is 0 Å². The van der Waals surface area contributed by atoms with Crippen molar-refractivity contribution in [2.75, 3.05) is 11.4 Å². The van der Waals surface area contributed by atoms with Crippen LogP contribution < -0.4 is 4.90 Å². The number of imidazole rings is 1. The first-order valence-electron chi connectivity index (χ1n) is 9.94. The average molecular weight is 391 g/mol. The van der Waals surface area contributed by atoms with Crippen molar-refractivity contribution < 1.29 is 14.3 Å². The molecule has 1 aliphatic heterocycles. The van der Waals surface area contributed by atoms with E-state index in [0.717, 1.165) is 28.1 Å². The van der Waals surface area contributed by atoms with Crippen molar-refractivity contribution in [1.29, 1.82) is 0 Å². The SMILES string of the molecule is Cc1ccccc1N1CC(c2nc3ccccc3n2CC(=O)OC(C)C)CC1=O. The van der Waals surface area contributed by atoms with Crippen LogP contribution in [-0.2, 0) is 20.9 Å². The van der Waals surface area contributed by atoms with Crippen LogP contribution >= 0.6 is 0 Å². The third-order valence-electron chi connectivity index (χ3n) is 5.23. The molecule has 1 atom stereocenters. The summed E-state index contributed by atoms with van der Waals surface area (Å²) in [6, 6.07) is 15.6. The van der Waals surface area contributed by atoms with Crippen LogP contribution in [0.5, 0.6) is 0 Å². The van der Waals surface area contributed by atoms with Crippen LogP contribution in [0.2, 0.25) is 0 Å². The fraction of sp³-hybridized carbons (Fsp3) is 0.348. The third-order valence-corrected chi connectivity index (χ3v) is 5.23. The van der Waals surface area contributed by atoms with Gasteiger partial charge in [0.2, 0.25) is 5.91 Å². The Morgan fingerprint density at radius 2 is 1.90 bits per heavy atom. The Bertz CT molecular complexity index is 1070. The Morgan fingerprint density at radius 1 is 1.17 bits per heavy atom. The summed E-state index contributed by atoms with van der Waals surface area (Å²) in [5.74, 6) is 0.454. The molecule has 0 N–H and O–H groups in total. The van der Waals surface area contributed by atoms with Gasteiger partial charge in [0.1, 0.15) is 12.4 Å². The highest BCUT2D eigenvalue weighted by molar-refractivity contribution is 5.97. The number of hydrogen-bond donors (Lipinski definition) is 0. The highest BCUT2D eigenvalue weighted by Gasteiger charge is 2.35. The Kier molecular flexibility index (Phi) is 5.09. The summed E-state index contributed by atoms with van der Waals surface area (Å²) in [4.78, 5) is 31.8. The maximum absolute atomic E-state index is 12.8. The van der Waals surface area contributed by atoms with E-state index in [4.69, 9.17) is 9.72 Å². The highest BCUT2D eigenvalue weighted by atomic mass is 16.5. The van der Waals surface area contributed by atoms with E-state index in [0.29, 0.717) is 13.0 Å². The van der Waals surface area contributed by atoms with Gasteiger partial charge in [-0.3, -0.25) is 9.59 Å². The number of nitrogens with zero attached hydrogens (tertiary/aromatic N) is 3. The number of carbonyl (C=O) groups excluding carboxylic acids is 2. The summed E-state index contributed by atoms with van der Waals surface area (Å²) >= 11 is 0. The zero-order valence-electron chi connectivity index (χ0n) is 17.0. The molecule has 0 bridgehead atoms. The molecule has 0 saturated carbocycles. The Labute approximate surface area is 170 Å². The lowest BCUT2D eigenvalue weighted by atomic mass is 10.1. The fourth-order valence-electron chi connectivity index (χ4n) is 3.98.